The van der Waals surface area contributed by atoms with Gasteiger partial charge in [0.15, 0.2) is 5.75 Å². The first kappa shape index (κ1) is 24.6. The molecule has 2 aliphatic rings. The minimum absolute atomic E-state index is 0.407. The van der Waals surface area contributed by atoms with Crippen molar-refractivity contribution < 1.29 is 10.1 Å². The molecular weight excluding hydrogens is 474 g/mol. The average Bonchev–Trinajstić information content (AvgIpc) is 3.32. The molecule has 7 nitrogen and oxygen atoms in total. The fraction of sp³-hybridized carbons (Fsp3) is 0.355. The molecule has 0 aliphatic heterocycles. The predicted octanol–water partition coefficient (Wildman–Crippen LogP) is 5.88. The first-order chi connectivity index (χ1) is 18.6. The van der Waals surface area contributed by atoms with Crippen LogP contribution in [0.5, 0.6) is 5.75 Å². The highest BCUT2D eigenvalue weighted by atomic mass is 17.1. The molecule has 0 saturated heterocycles. The van der Waals surface area contributed by atoms with Crippen molar-refractivity contribution in [1.82, 2.24) is 15.3 Å². The van der Waals surface area contributed by atoms with Crippen LogP contribution in [0, 0.1) is 5.92 Å². The Balaban J connectivity index is 1.04. The standard InChI is InChI=1S/C31H35N5O2/c1-36(2)30-27-8-3-4-9-28(27)34-31(35-30)33-24-12-10-20(11-13-24)18-32-19-22-7-5-6-21-16-23-17-25(38-37)14-15-26(23)29(21)22/h3-9,14-15,17,20,24,32,37H,10-13,16,18-19H2,1-2H3,(H,33,34,35). The van der Waals surface area contributed by atoms with Crippen LogP contribution in [-0.2, 0) is 13.0 Å². The minimum Gasteiger partial charge on any atom is -0.362 e. The molecular formula is C31H35N5O2. The second-order valence-corrected chi connectivity index (χ2v) is 10.8. The number of para-hydroxylation sites is 1. The van der Waals surface area contributed by atoms with Crippen LogP contribution in [-0.4, -0.2) is 41.9 Å². The summed E-state index contributed by atoms with van der Waals surface area (Å²) in [5.41, 5.74) is 7.44. The number of fused-ring (bicyclic) bond motifs is 4. The Labute approximate surface area is 223 Å². The molecule has 7 heteroatoms. The normalized spacial score (nSPS) is 18.2. The third-order valence-corrected chi connectivity index (χ3v) is 8.00. The summed E-state index contributed by atoms with van der Waals surface area (Å²) >= 11 is 0. The van der Waals surface area contributed by atoms with Crippen molar-refractivity contribution in [2.45, 2.75) is 44.7 Å². The molecule has 0 bridgehead atoms. The van der Waals surface area contributed by atoms with E-state index in [1.165, 1.54) is 40.7 Å². The average molecular weight is 510 g/mol. The molecule has 6 rings (SSSR count). The molecule has 2 aliphatic carbocycles. The van der Waals surface area contributed by atoms with E-state index in [0.717, 1.165) is 55.0 Å². The molecule has 1 aromatic heterocycles. The van der Waals surface area contributed by atoms with E-state index in [0.29, 0.717) is 17.7 Å². The highest BCUT2D eigenvalue weighted by molar-refractivity contribution is 5.90. The quantitative estimate of drug-likeness (QED) is 0.178. The second-order valence-electron chi connectivity index (χ2n) is 10.8. The van der Waals surface area contributed by atoms with Crippen molar-refractivity contribution in [2.24, 2.45) is 5.92 Å². The lowest BCUT2D eigenvalue weighted by atomic mass is 9.86. The SMILES string of the molecule is CN(C)c1nc(NC2CCC(CNCc3cccc4c3-c3ccc(OO)cc3C4)CC2)nc2ccccc12. The van der Waals surface area contributed by atoms with Crippen LogP contribution in [0.1, 0.15) is 42.4 Å². The van der Waals surface area contributed by atoms with Gasteiger partial charge in [0.1, 0.15) is 5.82 Å². The second kappa shape index (κ2) is 10.6. The molecule has 0 amide bonds. The van der Waals surface area contributed by atoms with E-state index >= 15 is 0 Å². The number of rotatable bonds is 8. The van der Waals surface area contributed by atoms with Gasteiger partial charge in [-0.1, -0.05) is 36.4 Å². The molecule has 4 aromatic rings. The van der Waals surface area contributed by atoms with Crippen LogP contribution in [0.25, 0.3) is 22.0 Å². The van der Waals surface area contributed by atoms with Crippen LogP contribution in [0.4, 0.5) is 11.8 Å². The molecule has 3 aromatic carbocycles. The monoisotopic (exact) mass is 509 g/mol. The Morgan fingerprint density at radius 1 is 0.947 bits per heavy atom. The van der Waals surface area contributed by atoms with Crippen molar-refractivity contribution in [2.75, 3.05) is 30.9 Å². The van der Waals surface area contributed by atoms with Crippen molar-refractivity contribution in [1.29, 1.82) is 0 Å². The van der Waals surface area contributed by atoms with Gasteiger partial charge in [-0.05, 0) is 96.6 Å². The zero-order chi connectivity index (χ0) is 26.1. The highest BCUT2D eigenvalue weighted by Crippen LogP contribution is 2.40. The van der Waals surface area contributed by atoms with Crippen LogP contribution in [0.3, 0.4) is 0 Å². The number of anilines is 2. The van der Waals surface area contributed by atoms with Gasteiger partial charge in [-0.25, -0.2) is 10.2 Å². The van der Waals surface area contributed by atoms with Gasteiger partial charge in [-0.3, -0.25) is 0 Å². The number of hydrogen-bond acceptors (Lipinski definition) is 7. The molecule has 0 spiro atoms. The van der Waals surface area contributed by atoms with E-state index in [9.17, 15) is 0 Å². The lowest BCUT2D eigenvalue weighted by molar-refractivity contribution is -0.137. The summed E-state index contributed by atoms with van der Waals surface area (Å²) < 4.78 is 0. The first-order valence-corrected chi connectivity index (χ1v) is 13.6. The topological polar surface area (TPSA) is 82.5 Å². The fourth-order valence-electron chi connectivity index (χ4n) is 6.09. The molecule has 1 fully saturated rings. The molecule has 0 atom stereocenters. The lowest BCUT2D eigenvalue weighted by Gasteiger charge is -2.29. The van der Waals surface area contributed by atoms with Crippen LogP contribution < -0.4 is 20.4 Å². The molecule has 0 unspecified atom stereocenters. The van der Waals surface area contributed by atoms with Crippen molar-refractivity contribution in [3.8, 4) is 16.9 Å². The highest BCUT2D eigenvalue weighted by Gasteiger charge is 2.24. The van der Waals surface area contributed by atoms with E-state index < -0.39 is 0 Å². The summed E-state index contributed by atoms with van der Waals surface area (Å²) in [6.07, 6.45) is 5.52. The third-order valence-electron chi connectivity index (χ3n) is 8.00. The van der Waals surface area contributed by atoms with E-state index in [1.807, 2.05) is 38.4 Å². The van der Waals surface area contributed by atoms with E-state index in [-0.39, 0.29) is 0 Å². The maximum Gasteiger partial charge on any atom is 0.225 e. The lowest BCUT2D eigenvalue weighted by Crippen LogP contribution is -2.31. The van der Waals surface area contributed by atoms with E-state index in [2.05, 4.69) is 56.8 Å². The van der Waals surface area contributed by atoms with Gasteiger partial charge in [0.2, 0.25) is 5.95 Å². The van der Waals surface area contributed by atoms with Crippen molar-refractivity contribution in [3.05, 3.63) is 77.4 Å². The fourth-order valence-corrected chi connectivity index (χ4v) is 6.09. The van der Waals surface area contributed by atoms with Crippen LogP contribution >= 0.6 is 0 Å². The Bertz CT molecular complexity index is 1450. The van der Waals surface area contributed by atoms with Gasteiger partial charge >= 0.3 is 0 Å². The van der Waals surface area contributed by atoms with Gasteiger partial charge in [0.05, 0.1) is 5.52 Å². The number of aromatic nitrogens is 2. The maximum absolute atomic E-state index is 9.02. The summed E-state index contributed by atoms with van der Waals surface area (Å²) in [5.74, 6) is 2.85. The third kappa shape index (κ3) is 4.91. The molecule has 196 valence electrons. The van der Waals surface area contributed by atoms with Gasteiger partial charge in [-0.2, -0.15) is 4.98 Å². The molecule has 3 N–H and O–H groups in total. The number of benzene rings is 3. The van der Waals surface area contributed by atoms with Crippen LogP contribution in [0.15, 0.2) is 60.7 Å². The summed E-state index contributed by atoms with van der Waals surface area (Å²) in [6, 6.07) is 21.0. The number of nitrogens with zero attached hydrogens (tertiary/aromatic N) is 3. The Morgan fingerprint density at radius 2 is 1.79 bits per heavy atom. The van der Waals surface area contributed by atoms with Gasteiger partial charge < -0.3 is 20.4 Å². The van der Waals surface area contributed by atoms with E-state index in [4.69, 9.17) is 15.2 Å². The van der Waals surface area contributed by atoms with Gasteiger partial charge in [0, 0.05) is 32.1 Å². The van der Waals surface area contributed by atoms with E-state index in [1.54, 1.807) is 0 Å². The summed E-state index contributed by atoms with van der Waals surface area (Å²) in [5, 5.41) is 17.5. The number of nitrogens with one attached hydrogen (secondary N) is 2. The summed E-state index contributed by atoms with van der Waals surface area (Å²) in [4.78, 5) is 16.1. The molecule has 0 radical (unpaired) electrons. The summed E-state index contributed by atoms with van der Waals surface area (Å²) in [6.45, 7) is 1.88. The smallest absolute Gasteiger partial charge is 0.225 e. The zero-order valence-electron chi connectivity index (χ0n) is 22.1. The van der Waals surface area contributed by atoms with Crippen molar-refractivity contribution >= 4 is 22.7 Å². The van der Waals surface area contributed by atoms with Gasteiger partial charge in [0.25, 0.3) is 0 Å². The molecule has 1 heterocycles. The van der Waals surface area contributed by atoms with Crippen LogP contribution in [0.2, 0.25) is 0 Å². The summed E-state index contributed by atoms with van der Waals surface area (Å²) in [7, 11) is 4.06. The predicted molar refractivity (Wildman–Crippen MR) is 153 cm³/mol. The Hall–Kier alpha value is -3.68. The zero-order valence-corrected chi connectivity index (χ0v) is 22.1. The Kier molecular flexibility index (Phi) is 6.87. The minimum atomic E-state index is 0.407. The Morgan fingerprint density at radius 3 is 2.61 bits per heavy atom. The number of hydrogen-bond donors (Lipinski definition) is 3. The molecule has 1 saturated carbocycles. The first-order valence-electron chi connectivity index (χ1n) is 13.6. The van der Waals surface area contributed by atoms with Crippen molar-refractivity contribution in [3.63, 3.8) is 0 Å². The molecule has 38 heavy (non-hydrogen) atoms. The largest absolute Gasteiger partial charge is 0.362 e. The van der Waals surface area contributed by atoms with Gasteiger partial charge in [-0.15, -0.1) is 0 Å². The maximum atomic E-state index is 9.02.